The molecule has 0 amide bonds. The molecule has 0 rings (SSSR count). The van der Waals surface area contributed by atoms with E-state index in [0.29, 0.717) is 0 Å². The molecular weight excluding hydrogens is 208 g/mol. The largest absolute Gasteiger partial charge is 2.00 e. The van der Waals surface area contributed by atoms with Crippen LogP contribution in [0.4, 0.5) is 0 Å². The molecule has 0 bridgehead atoms. The van der Waals surface area contributed by atoms with Gasteiger partial charge in [0.05, 0.1) is 5.09 Å². The molecule has 0 N–H and O–H groups in total. The van der Waals surface area contributed by atoms with Crippen LogP contribution in [-0.4, -0.2) is 5.09 Å². The van der Waals surface area contributed by atoms with E-state index in [0.717, 1.165) is 0 Å². The molecule has 0 spiro atoms. The number of hydrogen-bond donors (Lipinski definition) is 0. The average Bonchev–Trinajstić information content (AvgIpc) is 0.811. The number of nitrogens with zero attached hydrogens (tertiary/aromatic N) is 1. The first-order chi connectivity index (χ1) is 1.73. The second-order valence-electron chi connectivity index (χ2n) is 0.224. The minimum absolute atomic E-state index is 0. The van der Waals surface area contributed by atoms with Gasteiger partial charge >= 0.3 is 71.8 Å². The smallest absolute Gasteiger partial charge is 0.356 e. The first-order valence-corrected chi connectivity index (χ1v) is 0.548. The van der Waals surface area contributed by atoms with E-state index < -0.39 is 5.09 Å². The molecule has 0 aromatic heterocycles. The van der Waals surface area contributed by atoms with Gasteiger partial charge in [-0.15, -0.1) is 0 Å². The SMILES string of the molecule is O=[N+]([O-])[O-].[K+].[Pd+2]. The number of rotatable bonds is 0. The van der Waals surface area contributed by atoms with Crippen LogP contribution in [0, 0.1) is 15.3 Å². The van der Waals surface area contributed by atoms with Gasteiger partial charge in [-0.1, -0.05) is 0 Å². The Kier molecular flexibility index (Phi) is 25.3. The van der Waals surface area contributed by atoms with Gasteiger partial charge in [0.15, 0.2) is 0 Å². The molecule has 0 fully saturated rings. The molecule has 0 saturated carbocycles. The van der Waals surface area contributed by atoms with Gasteiger partial charge in [0.1, 0.15) is 0 Å². The summed E-state index contributed by atoms with van der Waals surface area (Å²) in [5, 5.41) is 14.8. The second-order valence-corrected chi connectivity index (χ2v) is 0.224. The fourth-order valence-corrected chi connectivity index (χ4v) is 0. The quantitative estimate of drug-likeness (QED) is 0.238. The zero-order valence-electron chi connectivity index (χ0n) is 2.99. The molecule has 6 heteroatoms. The van der Waals surface area contributed by atoms with Gasteiger partial charge < -0.3 is 15.3 Å². The van der Waals surface area contributed by atoms with Gasteiger partial charge in [-0.3, -0.25) is 0 Å². The van der Waals surface area contributed by atoms with Crippen LogP contribution in [0.1, 0.15) is 0 Å². The van der Waals surface area contributed by atoms with E-state index in [2.05, 4.69) is 0 Å². The van der Waals surface area contributed by atoms with Crippen LogP contribution in [0.5, 0.6) is 0 Å². The second kappa shape index (κ2) is 9.71. The molecule has 0 aliphatic rings. The van der Waals surface area contributed by atoms with Crippen molar-refractivity contribution in [3.05, 3.63) is 15.3 Å². The van der Waals surface area contributed by atoms with Crippen LogP contribution in [-0.2, 0) is 20.4 Å². The van der Waals surface area contributed by atoms with Gasteiger partial charge in [-0.05, 0) is 0 Å². The summed E-state index contributed by atoms with van der Waals surface area (Å²) >= 11 is 0. The summed E-state index contributed by atoms with van der Waals surface area (Å²) in [6, 6.07) is 0. The van der Waals surface area contributed by atoms with Crippen molar-refractivity contribution in [3.63, 3.8) is 0 Å². The standard InChI is InChI=1S/K.NO3.Pd/c;2-1(3)4;/q+1;-1;+2. The van der Waals surface area contributed by atoms with E-state index in [1.807, 2.05) is 0 Å². The van der Waals surface area contributed by atoms with Crippen molar-refractivity contribution in [1.82, 2.24) is 0 Å². The Bertz CT molecular complexity index is 33.8. The Balaban J connectivity index is -0.0000000450. The zero-order valence-corrected chi connectivity index (χ0v) is 7.67. The Morgan fingerprint density at radius 3 is 1.33 bits per heavy atom. The van der Waals surface area contributed by atoms with E-state index in [-0.39, 0.29) is 71.8 Å². The van der Waals surface area contributed by atoms with Crippen LogP contribution in [0.15, 0.2) is 0 Å². The van der Waals surface area contributed by atoms with E-state index in [9.17, 15) is 0 Å². The molecule has 0 radical (unpaired) electrons. The van der Waals surface area contributed by atoms with E-state index in [1.54, 1.807) is 0 Å². The minimum Gasteiger partial charge on any atom is -0.356 e. The van der Waals surface area contributed by atoms with Crippen molar-refractivity contribution in [2.24, 2.45) is 0 Å². The summed E-state index contributed by atoms with van der Waals surface area (Å²) in [6.45, 7) is 0. The van der Waals surface area contributed by atoms with Crippen molar-refractivity contribution in [2.75, 3.05) is 0 Å². The summed E-state index contributed by atoms with van der Waals surface area (Å²) in [5.74, 6) is 0. The molecule has 0 atom stereocenters. The topological polar surface area (TPSA) is 66.2 Å². The Labute approximate surface area is 90.5 Å². The predicted molar refractivity (Wildman–Crippen MR) is 10.4 cm³/mol. The zero-order chi connectivity index (χ0) is 3.58. The maximum atomic E-state index is 8.25. The molecule has 0 aromatic rings. The molecule has 0 heterocycles. The normalized spacial score (nSPS) is 4.00. The molecule has 0 aliphatic carbocycles. The first kappa shape index (κ1) is 15.6. The van der Waals surface area contributed by atoms with E-state index in [1.165, 1.54) is 0 Å². The van der Waals surface area contributed by atoms with Crippen LogP contribution >= 0.6 is 0 Å². The summed E-state index contributed by atoms with van der Waals surface area (Å²) in [7, 11) is 0. The molecule has 0 saturated heterocycles. The van der Waals surface area contributed by atoms with Gasteiger partial charge in [-0.2, -0.15) is 0 Å². The summed E-state index contributed by atoms with van der Waals surface area (Å²) in [6.07, 6.45) is 0. The van der Waals surface area contributed by atoms with Crippen molar-refractivity contribution in [3.8, 4) is 0 Å². The van der Waals surface area contributed by atoms with Gasteiger partial charge in [-0.25, -0.2) is 0 Å². The minimum atomic E-state index is -1.75. The van der Waals surface area contributed by atoms with Crippen molar-refractivity contribution >= 4 is 0 Å². The molecule has 0 unspecified atom stereocenters. The maximum absolute atomic E-state index is 8.25. The summed E-state index contributed by atoms with van der Waals surface area (Å²) < 4.78 is 0. The van der Waals surface area contributed by atoms with Crippen LogP contribution in [0.25, 0.3) is 0 Å². The molecular formula is KNO3Pd+2. The van der Waals surface area contributed by atoms with Gasteiger partial charge in [0, 0.05) is 0 Å². The van der Waals surface area contributed by atoms with E-state index >= 15 is 0 Å². The van der Waals surface area contributed by atoms with E-state index in [4.69, 9.17) is 15.3 Å². The van der Waals surface area contributed by atoms with Crippen LogP contribution in [0.2, 0.25) is 0 Å². The fourth-order valence-electron chi connectivity index (χ4n) is 0. The van der Waals surface area contributed by atoms with Crippen LogP contribution in [0.3, 0.4) is 0 Å². The predicted octanol–water partition coefficient (Wildman–Crippen LogP) is -3.24. The summed E-state index contributed by atoms with van der Waals surface area (Å²) in [5.41, 5.74) is 0. The molecule has 32 valence electrons. The van der Waals surface area contributed by atoms with Crippen molar-refractivity contribution in [1.29, 1.82) is 0 Å². The third-order valence-electron chi connectivity index (χ3n) is 0. The third kappa shape index (κ3) is 49.5. The Hall–Kier alpha value is 1.50. The number of hydrogen-bond acceptors (Lipinski definition) is 3. The molecule has 4 nitrogen and oxygen atoms in total. The molecule has 0 aromatic carbocycles. The third-order valence-corrected chi connectivity index (χ3v) is 0. The fraction of sp³-hybridized carbons (Fsp3) is 0. The van der Waals surface area contributed by atoms with Crippen molar-refractivity contribution in [2.45, 2.75) is 0 Å². The average molecular weight is 208 g/mol. The Morgan fingerprint density at radius 1 is 1.33 bits per heavy atom. The first-order valence-electron chi connectivity index (χ1n) is 0.548. The van der Waals surface area contributed by atoms with Gasteiger partial charge in [0.2, 0.25) is 0 Å². The van der Waals surface area contributed by atoms with Crippen molar-refractivity contribution < 1.29 is 76.9 Å². The van der Waals surface area contributed by atoms with Gasteiger partial charge in [0.25, 0.3) is 0 Å². The maximum Gasteiger partial charge on any atom is 2.00 e. The monoisotopic (exact) mass is 207 g/mol. The Morgan fingerprint density at radius 2 is 1.33 bits per heavy atom. The molecule has 6 heavy (non-hydrogen) atoms. The molecule has 0 aliphatic heterocycles. The van der Waals surface area contributed by atoms with Crippen LogP contribution < -0.4 is 51.4 Å². The summed E-state index contributed by atoms with van der Waals surface area (Å²) in [4.78, 5) is 8.25.